The maximum absolute atomic E-state index is 12.3. The van der Waals surface area contributed by atoms with Gasteiger partial charge in [0.15, 0.2) is 0 Å². The summed E-state index contributed by atoms with van der Waals surface area (Å²) in [7, 11) is 4.23. The normalized spacial score (nSPS) is 33.3. The molecule has 0 aliphatic heterocycles. The molecule has 2 aliphatic rings. The highest BCUT2D eigenvalue weighted by atomic mass is 16.3. The van der Waals surface area contributed by atoms with Gasteiger partial charge in [0, 0.05) is 30.7 Å². The van der Waals surface area contributed by atoms with Gasteiger partial charge in [-0.2, -0.15) is 0 Å². The van der Waals surface area contributed by atoms with E-state index in [2.05, 4.69) is 29.6 Å². The van der Waals surface area contributed by atoms with Crippen LogP contribution in [0.15, 0.2) is 0 Å². The summed E-state index contributed by atoms with van der Waals surface area (Å²) >= 11 is 0. The van der Waals surface area contributed by atoms with Gasteiger partial charge in [0.1, 0.15) is 0 Å². The molecule has 0 saturated heterocycles. The van der Waals surface area contributed by atoms with Crippen LogP contribution in [0.2, 0.25) is 0 Å². The minimum absolute atomic E-state index is 0.0465. The molecule has 2 rings (SSSR count). The molecule has 3 N–H and O–H groups in total. The fourth-order valence-electron chi connectivity index (χ4n) is 3.95. The summed E-state index contributed by atoms with van der Waals surface area (Å²) in [4.78, 5) is 14.6. The summed E-state index contributed by atoms with van der Waals surface area (Å²) in [5, 5.41) is 15.8. The molecule has 0 spiro atoms. The van der Waals surface area contributed by atoms with Gasteiger partial charge in [0.2, 0.25) is 0 Å². The Hall–Kier alpha value is -0.810. The lowest BCUT2D eigenvalue weighted by molar-refractivity contribution is 0.172. The number of hydrogen-bond acceptors (Lipinski definition) is 3. The molecule has 2 saturated carbocycles. The van der Waals surface area contributed by atoms with E-state index in [-0.39, 0.29) is 30.6 Å². The predicted octanol–water partition coefficient (Wildman–Crippen LogP) is 2.10. The number of amides is 2. The van der Waals surface area contributed by atoms with E-state index < -0.39 is 0 Å². The molecule has 4 atom stereocenters. The van der Waals surface area contributed by atoms with Crippen LogP contribution in [0, 0.1) is 5.92 Å². The molecule has 0 radical (unpaired) electrons. The molecule has 2 amide bonds. The second-order valence-electron chi connectivity index (χ2n) is 7.29. The van der Waals surface area contributed by atoms with E-state index in [1.807, 2.05) is 0 Å². The fraction of sp³-hybridized carbons (Fsp3) is 0.941. The quantitative estimate of drug-likeness (QED) is 0.697. The van der Waals surface area contributed by atoms with Gasteiger partial charge in [-0.15, -0.1) is 0 Å². The third-order valence-corrected chi connectivity index (χ3v) is 5.42. The molecule has 22 heavy (non-hydrogen) atoms. The lowest BCUT2D eigenvalue weighted by Crippen LogP contribution is -2.51. The number of rotatable bonds is 4. The summed E-state index contributed by atoms with van der Waals surface area (Å²) in [6, 6.07) is 0.928. The summed E-state index contributed by atoms with van der Waals surface area (Å²) in [6.45, 7) is 0.178. The molecule has 0 aromatic rings. The molecule has 5 heteroatoms. The van der Waals surface area contributed by atoms with Gasteiger partial charge in [-0.25, -0.2) is 4.79 Å². The number of carbonyl (C=O) groups excluding carboxylic acids is 1. The Labute approximate surface area is 134 Å². The minimum Gasteiger partial charge on any atom is -0.396 e. The Morgan fingerprint density at radius 2 is 1.82 bits per heavy atom. The number of urea groups is 1. The van der Waals surface area contributed by atoms with Gasteiger partial charge in [-0.05, 0) is 52.6 Å². The second-order valence-corrected chi connectivity index (χ2v) is 7.29. The minimum atomic E-state index is -0.0465. The maximum Gasteiger partial charge on any atom is 0.315 e. The molecule has 128 valence electrons. The Bertz CT molecular complexity index is 349. The third kappa shape index (κ3) is 5.13. The van der Waals surface area contributed by atoms with E-state index >= 15 is 0 Å². The zero-order valence-electron chi connectivity index (χ0n) is 14.2. The van der Waals surface area contributed by atoms with Crippen molar-refractivity contribution >= 4 is 6.03 Å². The van der Waals surface area contributed by atoms with Gasteiger partial charge in [0.05, 0.1) is 0 Å². The number of aliphatic hydroxyl groups excluding tert-OH is 1. The number of hydrogen-bond donors (Lipinski definition) is 3. The molecule has 0 aromatic heterocycles. The first kappa shape index (κ1) is 17.5. The molecule has 0 bridgehead atoms. The number of nitrogens with one attached hydrogen (secondary N) is 2. The summed E-state index contributed by atoms with van der Waals surface area (Å²) in [6.07, 6.45) is 10.0. The molecule has 0 heterocycles. The van der Waals surface area contributed by atoms with Crippen molar-refractivity contribution in [1.82, 2.24) is 15.5 Å². The smallest absolute Gasteiger partial charge is 0.315 e. The first-order valence-electron chi connectivity index (χ1n) is 8.94. The van der Waals surface area contributed by atoms with Crippen LogP contribution in [0.5, 0.6) is 0 Å². The van der Waals surface area contributed by atoms with E-state index in [0.29, 0.717) is 6.04 Å². The largest absolute Gasteiger partial charge is 0.396 e. The van der Waals surface area contributed by atoms with Gasteiger partial charge >= 0.3 is 6.03 Å². The van der Waals surface area contributed by atoms with E-state index in [4.69, 9.17) is 0 Å². The van der Waals surface area contributed by atoms with Crippen molar-refractivity contribution < 1.29 is 9.90 Å². The molecule has 5 nitrogen and oxygen atoms in total. The highest BCUT2D eigenvalue weighted by Gasteiger charge is 2.27. The summed E-state index contributed by atoms with van der Waals surface area (Å²) in [5.41, 5.74) is 0. The van der Waals surface area contributed by atoms with Crippen LogP contribution in [0.1, 0.15) is 57.8 Å². The lowest BCUT2D eigenvalue weighted by Gasteiger charge is -2.34. The fourth-order valence-corrected chi connectivity index (χ4v) is 3.95. The van der Waals surface area contributed by atoms with Gasteiger partial charge in [-0.1, -0.05) is 19.3 Å². The molecular formula is C17H33N3O2. The SMILES string of the molecule is CN(C)C1CCCC(NC(=O)NC2CCCCCC2CO)C1. The molecule has 2 fully saturated rings. The molecule has 4 unspecified atom stereocenters. The standard InChI is InChI=1S/C17H33N3O2/c1-20(2)15-9-6-8-14(11-15)18-17(22)19-16-10-5-3-4-7-13(16)12-21/h13-16,21H,3-12H2,1-2H3,(H2,18,19,22). The first-order chi connectivity index (χ1) is 10.6. The van der Waals surface area contributed by atoms with Crippen molar-refractivity contribution in [2.75, 3.05) is 20.7 Å². The topological polar surface area (TPSA) is 64.6 Å². The average Bonchev–Trinajstić information content (AvgIpc) is 2.72. The number of carbonyl (C=O) groups is 1. The lowest BCUT2D eigenvalue weighted by atomic mass is 9.90. The van der Waals surface area contributed by atoms with Crippen LogP contribution in [-0.2, 0) is 0 Å². The second kappa shape index (κ2) is 8.73. The number of nitrogens with zero attached hydrogens (tertiary/aromatic N) is 1. The van der Waals surface area contributed by atoms with Crippen LogP contribution in [0.3, 0.4) is 0 Å². The van der Waals surface area contributed by atoms with Crippen molar-refractivity contribution in [3.05, 3.63) is 0 Å². The van der Waals surface area contributed by atoms with E-state index in [1.54, 1.807) is 0 Å². The highest BCUT2D eigenvalue weighted by molar-refractivity contribution is 5.74. The zero-order valence-corrected chi connectivity index (χ0v) is 14.2. The van der Waals surface area contributed by atoms with Crippen LogP contribution >= 0.6 is 0 Å². The Morgan fingerprint density at radius 3 is 2.55 bits per heavy atom. The van der Waals surface area contributed by atoms with Crippen molar-refractivity contribution in [2.45, 2.75) is 75.9 Å². The summed E-state index contributed by atoms with van der Waals surface area (Å²) < 4.78 is 0. The molecule has 0 aromatic carbocycles. The average molecular weight is 311 g/mol. The molecular weight excluding hydrogens is 278 g/mol. The zero-order chi connectivity index (χ0) is 15.9. The predicted molar refractivity (Wildman–Crippen MR) is 88.8 cm³/mol. The third-order valence-electron chi connectivity index (χ3n) is 5.42. The van der Waals surface area contributed by atoms with Crippen molar-refractivity contribution in [2.24, 2.45) is 5.92 Å². The Morgan fingerprint density at radius 1 is 1.05 bits per heavy atom. The van der Waals surface area contributed by atoms with Crippen LogP contribution < -0.4 is 10.6 Å². The van der Waals surface area contributed by atoms with Crippen LogP contribution in [0.4, 0.5) is 4.79 Å². The highest BCUT2D eigenvalue weighted by Crippen LogP contribution is 2.24. The van der Waals surface area contributed by atoms with Gasteiger partial charge in [-0.3, -0.25) is 0 Å². The van der Waals surface area contributed by atoms with Crippen molar-refractivity contribution in [3.63, 3.8) is 0 Å². The van der Waals surface area contributed by atoms with E-state index in [0.717, 1.165) is 38.5 Å². The number of aliphatic hydroxyl groups is 1. The monoisotopic (exact) mass is 311 g/mol. The van der Waals surface area contributed by atoms with Crippen molar-refractivity contribution in [3.8, 4) is 0 Å². The van der Waals surface area contributed by atoms with Gasteiger partial charge < -0.3 is 20.6 Å². The summed E-state index contributed by atoms with van der Waals surface area (Å²) in [5.74, 6) is 0.217. The van der Waals surface area contributed by atoms with E-state index in [1.165, 1.54) is 19.3 Å². The van der Waals surface area contributed by atoms with Crippen LogP contribution in [-0.4, -0.2) is 54.9 Å². The molecule has 2 aliphatic carbocycles. The van der Waals surface area contributed by atoms with E-state index in [9.17, 15) is 9.90 Å². The van der Waals surface area contributed by atoms with Gasteiger partial charge in [0.25, 0.3) is 0 Å². The van der Waals surface area contributed by atoms with Crippen LogP contribution in [0.25, 0.3) is 0 Å². The Kier molecular flexibility index (Phi) is 6.96. The first-order valence-corrected chi connectivity index (χ1v) is 8.94. The maximum atomic E-state index is 12.3. The van der Waals surface area contributed by atoms with Crippen molar-refractivity contribution in [1.29, 1.82) is 0 Å². The Balaban J connectivity index is 1.81.